The number of benzene rings is 1. The Kier molecular flexibility index (Phi) is 6.28. The molecule has 2 rings (SSSR count). The van der Waals surface area contributed by atoms with Crippen molar-refractivity contribution in [3.05, 3.63) is 30.1 Å². The van der Waals surface area contributed by atoms with Crippen LogP contribution in [-0.2, 0) is 14.3 Å². The zero-order valence-electron chi connectivity index (χ0n) is 14.1. The van der Waals surface area contributed by atoms with Crippen LogP contribution in [0.4, 0.5) is 10.1 Å². The van der Waals surface area contributed by atoms with Crippen LogP contribution in [0.1, 0.15) is 13.8 Å². The Morgan fingerprint density at radius 2 is 1.79 bits per heavy atom. The van der Waals surface area contributed by atoms with E-state index < -0.39 is 11.3 Å². The fourth-order valence-electron chi connectivity index (χ4n) is 2.30. The van der Waals surface area contributed by atoms with Crippen molar-refractivity contribution in [2.75, 3.05) is 44.7 Å². The van der Waals surface area contributed by atoms with E-state index in [4.69, 9.17) is 4.74 Å². The summed E-state index contributed by atoms with van der Waals surface area (Å²) in [7, 11) is 0. The lowest BCUT2D eigenvalue weighted by atomic mass is 9.91. The van der Waals surface area contributed by atoms with E-state index in [-0.39, 0.29) is 11.7 Å². The van der Waals surface area contributed by atoms with Gasteiger partial charge in [0.25, 0.3) is 0 Å². The number of morpholine rings is 1. The minimum atomic E-state index is -1.22. The van der Waals surface area contributed by atoms with Crippen molar-refractivity contribution in [2.45, 2.75) is 13.8 Å². The number of hydrogen-bond donors (Lipinski definition) is 2. The van der Waals surface area contributed by atoms with Gasteiger partial charge in [0, 0.05) is 31.9 Å². The van der Waals surface area contributed by atoms with E-state index in [0.717, 1.165) is 19.6 Å². The zero-order valence-corrected chi connectivity index (χ0v) is 14.1. The van der Waals surface area contributed by atoms with Crippen LogP contribution in [0.2, 0.25) is 0 Å². The highest BCUT2D eigenvalue weighted by atomic mass is 19.1. The molecule has 0 spiro atoms. The van der Waals surface area contributed by atoms with Gasteiger partial charge in [-0.05, 0) is 38.1 Å². The molecule has 1 aliphatic rings. The summed E-state index contributed by atoms with van der Waals surface area (Å²) in [6, 6.07) is 5.43. The van der Waals surface area contributed by atoms with Gasteiger partial charge < -0.3 is 15.4 Å². The Hall–Kier alpha value is -1.99. The number of nitrogens with zero attached hydrogens (tertiary/aromatic N) is 1. The molecule has 1 aliphatic heterocycles. The lowest BCUT2D eigenvalue weighted by Crippen LogP contribution is -2.48. The summed E-state index contributed by atoms with van der Waals surface area (Å²) < 4.78 is 18.2. The van der Waals surface area contributed by atoms with E-state index in [0.29, 0.717) is 25.4 Å². The largest absolute Gasteiger partial charge is 0.379 e. The number of ether oxygens (including phenoxy) is 1. The van der Waals surface area contributed by atoms with Crippen molar-refractivity contribution in [3.8, 4) is 0 Å². The number of carbonyl (C=O) groups excluding carboxylic acids is 2. The fraction of sp³-hybridized carbons (Fsp3) is 0.529. The molecule has 0 aromatic heterocycles. The van der Waals surface area contributed by atoms with Crippen LogP contribution in [0.3, 0.4) is 0 Å². The molecule has 0 aliphatic carbocycles. The summed E-state index contributed by atoms with van der Waals surface area (Å²) in [6.45, 7) is 7.45. The first-order valence-electron chi connectivity index (χ1n) is 8.05. The number of halogens is 1. The molecule has 1 aromatic carbocycles. The number of hydrogen-bond acceptors (Lipinski definition) is 4. The Balaban J connectivity index is 1.81. The second-order valence-electron chi connectivity index (χ2n) is 6.30. The van der Waals surface area contributed by atoms with Crippen LogP contribution in [0, 0.1) is 11.2 Å². The Morgan fingerprint density at radius 1 is 1.17 bits per heavy atom. The lowest BCUT2D eigenvalue weighted by molar-refractivity contribution is -0.138. The summed E-state index contributed by atoms with van der Waals surface area (Å²) >= 11 is 0. The molecule has 0 atom stereocenters. The van der Waals surface area contributed by atoms with Crippen molar-refractivity contribution in [1.82, 2.24) is 10.2 Å². The molecular formula is C17H24FN3O3. The second-order valence-corrected chi connectivity index (χ2v) is 6.30. The fourth-order valence-corrected chi connectivity index (χ4v) is 2.30. The predicted octanol–water partition coefficient (Wildman–Crippen LogP) is 1.24. The molecule has 1 fully saturated rings. The first-order valence-corrected chi connectivity index (χ1v) is 8.05. The van der Waals surface area contributed by atoms with E-state index in [1.807, 2.05) is 0 Å². The van der Waals surface area contributed by atoms with Gasteiger partial charge in [-0.25, -0.2) is 4.39 Å². The van der Waals surface area contributed by atoms with Gasteiger partial charge >= 0.3 is 0 Å². The molecule has 24 heavy (non-hydrogen) atoms. The average Bonchev–Trinajstić information content (AvgIpc) is 2.57. The zero-order chi connectivity index (χ0) is 17.6. The maximum absolute atomic E-state index is 12.9. The van der Waals surface area contributed by atoms with Crippen LogP contribution >= 0.6 is 0 Å². The molecule has 0 bridgehead atoms. The van der Waals surface area contributed by atoms with E-state index in [9.17, 15) is 14.0 Å². The van der Waals surface area contributed by atoms with E-state index in [1.54, 1.807) is 13.8 Å². The third-order valence-corrected chi connectivity index (χ3v) is 4.05. The van der Waals surface area contributed by atoms with Gasteiger partial charge in [0.15, 0.2) is 0 Å². The van der Waals surface area contributed by atoms with E-state index >= 15 is 0 Å². The summed E-state index contributed by atoms with van der Waals surface area (Å²) in [4.78, 5) is 26.9. The van der Waals surface area contributed by atoms with Gasteiger partial charge in [0.2, 0.25) is 11.8 Å². The maximum atomic E-state index is 12.9. The summed E-state index contributed by atoms with van der Waals surface area (Å²) in [6.07, 6.45) is 0. The molecule has 132 valence electrons. The van der Waals surface area contributed by atoms with Crippen molar-refractivity contribution < 1.29 is 18.7 Å². The molecule has 2 amide bonds. The second kappa shape index (κ2) is 8.21. The first-order chi connectivity index (χ1) is 11.4. The standard InChI is InChI=1S/C17H24FN3O3/c1-17(2,16(23)20-14-5-3-13(18)4-6-14)15(22)19-7-8-21-9-11-24-12-10-21/h3-6H,7-12H2,1-2H3,(H,19,22)(H,20,23). The van der Waals surface area contributed by atoms with Crippen molar-refractivity contribution in [3.63, 3.8) is 0 Å². The Morgan fingerprint density at radius 3 is 2.42 bits per heavy atom. The Bertz CT molecular complexity index is 569. The van der Waals surface area contributed by atoms with Crippen LogP contribution in [0.15, 0.2) is 24.3 Å². The molecular weight excluding hydrogens is 313 g/mol. The summed E-state index contributed by atoms with van der Waals surface area (Å²) in [5, 5.41) is 5.44. The number of amides is 2. The molecule has 0 saturated carbocycles. The highest BCUT2D eigenvalue weighted by Gasteiger charge is 2.35. The molecule has 6 nitrogen and oxygen atoms in total. The predicted molar refractivity (Wildman–Crippen MR) is 89.1 cm³/mol. The van der Waals surface area contributed by atoms with Crippen LogP contribution in [-0.4, -0.2) is 56.1 Å². The first kappa shape index (κ1) is 18.4. The monoisotopic (exact) mass is 337 g/mol. The minimum absolute atomic E-state index is 0.338. The number of nitrogens with one attached hydrogen (secondary N) is 2. The summed E-state index contributed by atoms with van der Waals surface area (Å²) in [5.41, 5.74) is -0.769. The normalized spacial score (nSPS) is 15.8. The quantitative estimate of drug-likeness (QED) is 0.766. The SMILES string of the molecule is CC(C)(C(=O)NCCN1CCOCC1)C(=O)Nc1ccc(F)cc1. The van der Waals surface area contributed by atoms with Gasteiger partial charge in [-0.3, -0.25) is 14.5 Å². The molecule has 7 heteroatoms. The number of carbonyl (C=O) groups is 2. The van der Waals surface area contributed by atoms with E-state index in [2.05, 4.69) is 15.5 Å². The minimum Gasteiger partial charge on any atom is -0.379 e. The van der Waals surface area contributed by atoms with Gasteiger partial charge in [-0.15, -0.1) is 0 Å². The molecule has 0 radical (unpaired) electrons. The molecule has 1 heterocycles. The third-order valence-electron chi connectivity index (χ3n) is 4.05. The van der Waals surface area contributed by atoms with Crippen LogP contribution in [0.5, 0.6) is 0 Å². The van der Waals surface area contributed by atoms with Gasteiger partial charge in [0.1, 0.15) is 11.2 Å². The molecule has 0 unspecified atom stereocenters. The van der Waals surface area contributed by atoms with Crippen molar-refractivity contribution in [1.29, 1.82) is 0 Å². The number of anilines is 1. The third kappa shape index (κ3) is 5.01. The van der Waals surface area contributed by atoms with E-state index in [1.165, 1.54) is 24.3 Å². The van der Waals surface area contributed by atoms with Crippen LogP contribution < -0.4 is 10.6 Å². The highest BCUT2D eigenvalue weighted by molar-refractivity contribution is 6.09. The number of rotatable bonds is 6. The Labute approximate surface area is 141 Å². The van der Waals surface area contributed by atoms with Crippen molar-refractivity contribution >= 4 is 17.5 Å². The smallest absolute Gasteiger partial charge is 0.239 e. The molecule has 2 N–H and O–H groups in total. The van der Waals surface area contributed by atoms with Crippen LogP contribution in [0.25, 0.3) is 0 Å². The van der Waals surface area contributed by atoms with Gasteiger partial charge in [0.05, 0.1) is 13.2 Å². The molecule has 1 saturated heterocycles. The van der Waals surface area contributed by atoms with Gasteiger partial charge in [-0.2, -0.15) is 0 Å². The van der Waals surface area contributed by atoms with Crippen molar-refractivity contribution in [2.24, 2.45) is 5.41 Å². The molecule has 1 aromatic rings. The highest BCUT2D eigenvalue weighted by Crippen LogP contribution is 2.19. The maximum Gasteiger partial charge on any atom is 0.239 e. The topological polar surface area (TPSA) is 70.7 Å². The summed E-state index contributed by atoms with van der Waals surface area (Å²) in [5.74, 6) is -1.15. The average molecular weight is 337 g/mol. The lowest BCUT2D eigenvalue weighted by Gasteiger charge is -2.27. The van der Waals surface area contributed by atoms with Gasteiger partial charge in [-0.1, -0.05) is 0 Å².